The Balaban J connectivity index is 2.65. The highest BCUT2D eigenvalue weighted by molar-refractivity contribution is 7.86. The minimum atomic E-state index is -3.28. The lowest BCUT2D eigenvalue weighted by atomic mass is 9.92. The molecule has 2 N–H and O–H groups in total. The van der Waals surface area contributed by atoms with Crippen LogP contribution in [0.4, 0.5) is 0 Å². The van der Waals surface area contributed by atoms with Crippen LogP contribution in [0.2, 0.25) is 0 Å². The van der Waals surface area contributed by atoms with Crippen molar-refractivity contribution in [3.8, 4) is 0 Å². The monoisotopic (exact) mass is 263 g/mol. The lowest BCUT2D eigenvalue weighted by molar-refractivity contribution is 0.235. The third-order valence-corrected chi connectivity index (χ3v) is 5.83. The molecule has 1 aliphatic rings. The molecule has 1 unspecified atom stereocenters. The maximum Gasteiger partial charge on any atom is 0.281 e. The van der Waals surface area contributed by atoms with Crippen LogP contribution in [0.15, 0.2) is 0 Å². The molecule has 0 saturated carbocycles. The van der Waals surface area contributed by atoms with Gasteiger partial charge < -0.3 is 5.73 Å². The van der Waals surface area contributed by atoms with E-state index in [1.165, 1.54) is 4.31 Å². The van der Waals surface area contributed by atoms with E-state index in [9.17, 15) is 8.42 Å². The van der Waals surface area contributed by atoms with Crippen molar-refractivity contribution in [1.82, 2.24) is 8.61 Å². The fourth-order valence-electron chi connectivity index (χ4n) is 2.08. The Morgan fingerprint density at radius 2 is 1.71 bits per heavy atom. The third-order valence-electron chi connectivity index (χ3n) is 3.66. The number of nitrogens with two attached hydrogens (primary N) is 1. The fourth-order valence-corrected chi connectivity index (χ4v) is 3.65. The molecule has 0 spiro atoms. The number of hydrogen-bond acceptors (Lipinski definition) is 3. The summed E-state index contributed by atoms with van der Waals surface area (Å²) in [5.74, 6) is 0.450. The summed E-state index contributed by atoms with van der Waals surface area (Å²) in [6, 6.07) is 0.147. The van der Waals surface area contributed by atoms with Crippen LogP contribution >= 0.6 is 0 Å². The Bertz CT molecular complexity index is 333. The number of nitrogens with zero attached hydrogens (tertiary/aromatic N) is 2. The molecule has 1 fully saturated rings. The SMILES string of the molecule is CC(N)C1CCN(S(=O)(=O)N(C)C(C)C)CC1. The van der Waals surface area contributed by atoms with Gasteiger partial charge in [0.25, 0.3) is 10.2 Å². The second kappa shape index (κ2) is 5.65. The predicted molar refractivity (Wildman–Crippen MR) is 69.8 cm³/mol. The maximum atomic E-state index is 12.2. The van der Waals surface area contributed by atoms with Crippen LogP contribution < -0.4 is 5.73 Å². The van der Waals surface area contributed by atoms with E-state index in [4.69, 9.17) is 5.73 Å². The van der Waals surface area contributed by atoms with E-state index >= 15 is 0 Å². The lowest BCUT2D eigenvalue weighted by Crippen LogP contribution is -2.49. The molecule has 1 atom stereocenters. The first-order valence-electron chi connectivity index (χ1n) is 6.25. The van der Waals surface area contributed by atoms with Crippen molar-refractivity contribution in [3.63, 3.8) is 0 Å². The zero-order valence-corrected chi connectivity index (χ0v) is 12.1. The number of piperidine rings is 1. The summed E-state index contributed by atoms with van der Waals surface area (Å²) in [6.07, 6.45) is 1.73. The first kappa shape index (κ1) is 14.9. The van der Waals surface area contributed by atoms with E-state index in [0.29, 0.717) is 19.0 Å². The molecule has 0 radical (unpaired) electrons. The average Bonchev–Trinajstić information content (AvgIpc) is 2.27. The van der Waals surface area contributed by atoms with Gasteiger partial charge in [0.2, 0.25) is 0 Å². The van der Waals surface area contributed by atoms with E-state index in [0.717, 1.165) is 12.8 Å². The van der Waals surface area contributed by atoms with E-state index in [-0.39, 0.29) is 12.1 Å². The molecule has 1 rings (SSSR count). The normalized spacial score (nSPS) is 22.3. The smallest absolute Gasteiger partial charge is 0.281 e. The van der Waals surface area contributed by atoms with Gasteiger partial charge >= 0.3 is 0 Å². The highest BCUT2D eigenvalue weighted by atomic mass is 32.2. The van der Waals surface area contributed by atoms with Crippen molar-refractivity contribution < 1.29 is 8.42 Å². The topological polar surface area (TPSA) is 66.6 Å². The van der Waals surface area contributed by atoms with Crippen LogP contribution in [0.5, 0.6) is 0 Å². The van der Waals surface area contributed by atoms with Crippen molar-refractivity contribution in [2.75, 3.05) is 20.1 Å². The van der Waals surface area contributed by atoms with Crippen LogP contribution in [0, 0.1) is 5.92 Å². The fraction of sp³-hybridized carbons (Fsp3) is 1.00. The molecule has 0 amide bonds. The molecule has 1 saturated heterocycles. The molecule has 5 nitrogen and oxygen atoms in total. The molecule has 0 aliphatic carbocycles. The number of hydrogen-bond donors (Lipinski definition) is 1. The van der Waals surface area contributed by atoms with Gasteiger partial charge in [-0.1, -0.05) is 0 Å². The van der Waals surface area contributed by atoms with E-state index in [2.05, 4.69) is 0 Å². The van der Waals surface area contributed by atoms with Crippen molar-refractivity contribution in [1.29, 1.82) is 0 Å². The highest BCUT2D eigenvalue weighted by Gasteiger charge is 2.32. The minimum absolute atomic E-state index is 0.00819. The van der Waals surface area contributed by atoms with Gasteiger partial charge in [-0.05, 0) is 39.5 Å². The molecule has 1 heterocycles. The molecule has 0 bridgehead atoms. The second-order valence-electron chi connectivity index (χ2n) is 5.21. The summed E-state index contributed by atoms with van der Waals surface area (Å²) in [5, 5.41) is 0. The van der Waals surface area contributed by atoms with E-state index in [1.54, 1.807) is 11.4 Å². The Labute approximate surface area is 105 Å². The van der Waals surface area contributed by atoms with Crippen molar-refractivity contribution >= 4 is 10.2 Å². The average molecular weight is 263 g/mol. The predicted octanol–water partition coefficient (Wildman–Crippen LogP) is 0.631. The Morgan fingerprint density at radius 3 is 2.06 bits per heavy atom. The van der Waals surface area contributed by atoms with Crippen LogP contribution in [0.3, 0.4) is 0 Å². The summed E-state index contributed by atoms with van der Waals surface area (Å²) in [7, 11) is -1.65. The number of rotatable bonds is 4. The Hall–Kier alpha value is -0.170. The standard InChI is InChI=1S/C11H25N3O2S/c1-9(2)13(4)17(15,16)14-7-5-11(6-8-14)10(3)12/h9-11H,5-8,12H2,1-4H3. The second-order valence-corrected chi connectivity index (χ2v) is 7.20. The molecule has 6 heteroatoms. The van der Waals surface area contributed by atoms with Gasteiger partial charge in [-0.25, -0.2) is 0 Å². The van der Waals surface area contributed by atoms with Crippen molar-refractivity contribution in [3.05, 3.63) is 0 Å². The zero-order valence-electron chi connectivity index (χ0n) is 11.3. The van der Waals surface area contributed by atoms with Gasteiger partial charge in [0.15, 0.2) is 0 Å². The summed E-state index contributed by atoms with van der Waals surface area (Å²) in [6.45, 7) is 6.94. The van der Waals surface area contributed by atoms with Crippen LogP contribution in [0.1, 0.15) is 33.6 Å². The molecule has 1 aliphatic heterocycles. The van der Waals surface area contributed by atoms with Gasteiger partial charge in [0, 0.05) is 32.2 Å². The molecule has 0 aromatic carbocycles. The quantitative estimate of drug-likeness (QED) is 0.809. The molecule has 17 heavy (non-hydrogen) atoms. The molecule has 102 valence electrons. The van der Waals surface area contributed by atoms with Crippen LogP contribution in [-0.2, 0) is 10.2 Å². The van der Waals surface area contributed by atoms with Gasteiger partial charge in [-0.3, -0.25) is 0 Å². The highest BCUT2D eigenvalue weighted by Crippen LogP contribution is 2.23. The molecule has 0 aromatic rings. The van der Waals surface area contributed by atoms with Crippen molar-refractivity contribution in [2.45, 2.75) is 45.7 Å². The van der Waals surface area contributed by atoms with E-state index in [1.807, 2.05) is 20.8 Å². The van der Waals surface area contributed by atoms with Gasteiger partial charge in [-0.15, -0.1) is 0 Å². The summed E-state index contributed by atoms with van der Waals surface area (Å²) in [4.78, 5) is 0. The molecule has 0 aromatic heterocycles. The van der Waals surface area contributed by atoms with Crippen LogP contribution in [0.25, 0.3) is 0 Å². The van der Waals surface area contributed by atoms with Gasteiger partial charge in [0.1, 0.15) is 0 Å². The lowest BCUT2D eigenvalue weighted by Gasteiger charge is -2.36. The first-order valence-corrected chi connectivity index (χ1v) is 7.65. The minimum Gasteiger partial charge on any atom is -0.328 e. The maximum absolute atomic E-state index is 12.2. The van der Waals surface area contributed by atoms with Gasteiger partial charge in [0.05, 0.1) is 0 Å². The summed E-state index contributed by atoms with van der Waals surface area (Å²) < 4.78 is 27.5. The van der Waals surface area contributed by atoms with E-state index < -0.39 is 10.2 Å². The molecular weight excluding hydrogens is 238 g/mol. The first-order chi connectivity index (χ1) is 7.76. The van der Waals surface area contributed by atoms with Crippen molar-refractivity contribution in [2.24, 2.45) is 11.7 Å². The zero-order chi connectivity index (χ0) is 13.2. The summed E-state index contributed by atoms with van der Waals surface area (Å²) in [5.41, 5.74) is 5.85. The largest absolute Gasteiger partial charge is 0.328 e. The third kappa shape index (κ3) is 3.40. The summed E-state index contributed by atoms with van der Waals surface area (Å²) >= 11 is 0. The van der Waals surface area contributed by atoms with Crippen LogP contribution in [-0.4, -0.2) is 49.2 Å². The van der Waals surface area contributed by atoms with Gasteiger partial charge in [-0.2, -0.15) is 17.0 Å². The Morgan fingerprint density at radius 1 is 1.24 bits per heavy atom. The Kier molecular flexibility index (Phi) is 4.95. The molecular formula is C11H25N3O2S.